The molecule has 0 atom stereocenters. The largest absolute Gasteiger partial charge is 0.497 e. The molecule has 2 aromatic carbocycles. The highest BCUT2D eigenvalue weighted by atomic mass is 32.2. The zero-order valence-corrected chi connectivity index (χ0v) is 17.0. The van der Waals surface area contributed by atoms with Crippen LogP contribution in [-0.2, 0) is 14.8 Å². The second-order valence-corrected chi connectivity index (χ2v) is 7.94. The van der Waals surface area contributed by atoms with Crippen molar-refractivity contribution < 1.29 is 17.9 Å². The van der Waals surface area contributed by atoms with Crippen LogP contribution in [0.4, 0.5) is 5.82 Å². The van der Waals surface area contributed by atoms with E-state index in [1.807, 2.05) is 0 Å². The van der Waals surface area contributed by atoms with E-state index in [0.717, 1.165) is 9.87 Å². The molecule has 1 amide bonds. The lowest BCUT2D eigenvalue weighted by Crippen LogP contribution is -2.40. The Morgan fingerprint density at radius 1 is 1.07 bits per heavy atom. The average molecular weight is 424 g/mol. The maximum absolute atomic E-state index is 13.1. The number of rotatable bonds is 8. The SMILES string of the molecule is COc1ccc(/C=N\NC(=O)CN(c2ccccn2)S(=O)(=O)c2ccccc2)cc1. The van der Waals surface area contributed by atoms with Gasteiger partial charge in [0.2, 0.25) is 0 Å². The number of carbonyl (C=O) groups is 1. The summed E-state index contributed by atoms with van der Waals surface area (Å²) < 4.78 is 32.2. The van der Waals surface area contributed by atoms with E-state index in [-0.39, 0.29) is 10.7 Å². The van der Waals surface area contributed by atoms with E-state index < -0.39 is 22.5 Å². The smallest absolute Gasteiger partial charge is 0.265 e. The number of nitrogens with one attached hydrogen (secondary N) is 1. The first-order valence-corrected chi connectivity index (χ1v) is 10.4. The molecule has 1 aromatic heterocycles. The van der Waals surface area contributed by atoms with Crippen LogP contribution in [0.15, 0.2) is 89.0 Å². The molecule has 154 valence electrons. The second-order valence-electron chi connectivity index (χ2n) is 6.08. The molecular weight excluding hydrogens is 404 g/mol. The van der Waals surface area contributed by atoms with E-state index in [9.17, 15) is 13.2 Å². The standard InChI is InChI=1S/C21H20N4O4S/c1-29-18-12-10-17(11-13-18)15-23-24-21(26)16-25(20-9-5-6-14-22-20)30(27,28)19-7-3-2-4-8-19/h2-15H,16H2,1H3,(H,24,26)/b23-15-. The molecule has 0 spiro atoms. The lowest BCUT2D eigenvalue weighted by molar-refractivity contribution is -0.119. The summed E-state index contributed by atoms with van der Waals surface area (Å²) in [4.78, 5) is 16.6. The maximum Gasteiger partial charge on any atom is 0.265 e. The normalized spacial score (nSPS) is 11.2. The number of aromatic nitrogens is 1. The Morgan fingerprint density at radius 3 is 2.40 bits per heavy atom. The van der Waals surface area contributed by atoms with Crippen molar-refractivity contribution in [1.29, 1.82) is 0 Å². The van der Waals surface area contributed by atoms with Crippen LogP contribution in [0, 0.1) is 0 Å². The van der Waals surface area contributed by atoms with E-state index in [1.54, 1.807) is 61.7 Å². The quantitative estimate of drug-likeness (QED) is 0.442. The van der Waals surface area contributed by atoms with Gasteiger partial charge in [0.15, 0.2) is 0 Å². The number of hydrazone groups is 1. The van der Waals surface area contributed by atoms with E-state index >= 15 is 0 Å². The van der Waals surface area contributed by atoms with Gasteiger partial charge in [-0.2, -0.15) is 5.10 Å². The molecule has 3 rings (SSSR count). The summed E-state index contributed by atoms with van der Waals surface area (Å²) in [6.45, 7) is -0.478. The van der Waals surface area contributed by atoms with E-state index in [2.05, 4.69) is 15.5 Å². The minimum absolute atomic E-state index is 0.0604. The van der Waals surface area contributed by atoms with Gasteiger partial charge in [-0.05, 0) is 54.1 Å². The van der Waals surface area contributed by atoms with Gasteiger partial charge in [0.1, 0.15) is 18.1 Å². The lowest BCUT2D eigenvalue weighted by Gasteiger charge is -2.22. The van der Waals surface area contributed by atoms with Gasteiger partial charge in [-0.1, -0.05) is 24.3 Å². The zero-order valence-electron chi connectivity index (χ0n) is 16.2. The molecule has 0 unspecified atom stereocenters. The molecule has 3 aromatic rings. The van der Waals surface area contributed by atoms with Crippen molar-refractivity contribution in [3.63, 3.8) is 0 Å². The van der Waals surface area contributed by atoms with Crippen molar-refractivity contribution in [1.82, 2.24) is 10.4 Å². The highest BCUT2D eigenvalue weighted by Crippen LogP contribution is 2.21. The van der Waals surface area contributed by atoms with Crippen molar-refractivity contribution >= 4 is 28.0 Å². The van der Waals surface area contributed by atoms with Gasteiger partial charge in [0.25, 0.3) is 15.9 Å². The Bertz CT molecular complexity index is 1100. The third kappa shape index (κ3) is 5.21. The summed E-state index contributed by atoms with van der Waals surface area (Å²) in [6.07, 6.45) is 2.91. The molecule has 0 aliphatic heterocycles. The summed E-state index contributed by atoms with van der Waals surface area (Å²) in [5, 5.41) is 3.89. The van der Waals surface area contributed by atoms with Crippen LogP contribution in [0.25, 0.3) is 0 Å². The molecule has 0 saturated heterocycles. The molecule has 1 heterocycles. The minimum atomic E-state index is -3.99. The summed E-state index contributed by atoms with van der Waals surface area (Å²) >= 11 is 0. The Balaban J connectivity index is 1.76. The van der Waals surface area contributed by atoms with E-state index in [4.69, 9.17) is 4.74 Å². The number of amides is 1. The van der Waals surface area contributed by atoms with Crippen molar-refractivity contribution in [3.8, 4) is 5.75 Å². The van der Waals surface area contributed by atoms with Gasteiger partial charge in [-0.3, -0.25) is 4.79 Å². The monoisotopic (exact) mass is 424 g/mol. The summed E-state index contributed by atoms with van der Waals surface area (Å²) in [5.74, 6) is 0.230. The number of sulfonamides is 1. The topological polar surface area (TPSA) is 101 Å². The number of anilines is 1. The number of benzene rings is 2. The molecule has 0 saturated carbocycles. The Labute approximate surface area is 174 Å². The first-order valence-electron chi connectivity index (χ1n) is 8.95. The summed E-state index contributed by atoms with van der Waals surface area (Å²) in [7, 11) is -2.42. The Kier molecular flexibility index (Phi) is 6.76. The van der Waals surface area contributed by atoms with Crippen LogP contribution in [0.5, 0.6) is 5.75 Å². The summed E-state index contributed by atoms with van der Waals surface area (Å²) in [5.41, 5.74) is 3.09. The van der Waals surface area contributed by atoms with Gasteiger partial charge in [0.05, 0.1) is 18.2 Å². The van der Waals surface area contributed by atoms with Crippen molar-refractivity contribution in [2.75, 3.05) is 18.0 Å². The Morgan fingerprint density at radius 2 is 1.77 bits per heavy atom. The van der Waals surface area contributed by atoms with Gasteiger partial charge >= 0.3 is 0 Å². The molecular formula is C21H20N4O4S. The maximum atomic E-state index is 13.1. The number of carbonyl (C=O) groups excluding carboxylic acids is 1. The molecule has 0 aliphatic rings. The lowest BCUT2D eigenvalue weighted by atomic mass is 10.2. The Hall–Kier alpha value is -3.72. The molecule has 0 radical (unpaired) electrons. The fourth-order valence-corrected chi connectivity index (χ4v) is 3.94. The van der Waals surface area contributed by atoms with Crippen LogP contribution >= 0.6 is 0 Å². The first kappa shape index (κ1) is 21.0. The third-order valence-corrected chi connectivity index (χ3v) is 5.81. The second kappa shape index (κ2) is 9.66. The zero-order chi connectivity index (χ0) is 21.4. The first-order chi connectivity index (χ1) is 14.5. The molecule has 9 heteroatoms. The van der Waals surface area contributed by atoms with Crippen LogP contribution in [0.1, 0.15) is 5.56 Å². The van der Waals surface area contributed by atoms with Gasteiger partial charge < -0.3 is 4.74 Å². The molecule has 0 fully saturated rings. The highest BCUT2D eigenvalue weighted by molar-refractivity contribution is 7.92. The van der Waals surface area contributed by atoms with Gasteiger partial charge in [0, 0.05) is 6.20 Å². The van der Waals surface area contributed by atoms with Crippen molar-refractivity contribution in [3.05, 3.63) is 84.6 Å². The number of hydrogen-bond donors (Lipinski definition) is 1. The predicted octanol–water partition coefficient (Wildman–Crippen LogP) is 2.44. The van der Waals surface area contributed by atoms with Gasteiger partial charge in [-0.25, -0.2) is 23.1 Å². The predicted molar refractivity (Wildman–Crippen MR) is 114 cm³/mol. The van der Waals surface area contributed by atoms with Crippen molar-refractivity contribution in [2.45, 2.75) is 4.90 Å². The molecule has 0 aliphatic carbocycles. The summed E-state index contributed by atoms with van der Waals surface area (Å²) in [6, 6.07) is 19.8. The number of pyridine rings is 1. The fraction of sp³-hybridized carbons (Fsp3) is 0.0952. The van der Waals surface area contributed by atoms with Crippen LogP contribution < -0.4 is 14.5 Å². The fourth-order valence-electron chi connectivity index (χ4n) is 2.54. The van der Waals surface area contributed by atoms with Gasteiger partial charge in [-0.15, -0.1) is 0 Å². The van der Waals surface area contributed by atoms with Crippen molar-refractivity contribution in [2.24, 2.45) is 5.10 Å². The number of methoxy groups -OCH3 is 1. The molecule has 30 heavy (non-hydrogen) atoms. The average Bonchev–Trinajstić information content (AvgIpc) is 2.79. The third-order valence-electron chi connectivity index (χ3n) is 4.04. The molecule has 1 N–H and O–H groups in total. The number of nitrogens with zero attached hydrogens (tertiary/aromatic N) is 3. The molecule has 0 bridgehead atoms. The van der Waals surface area contributed by atoms with Crippen LogP contribution in [0.2, 0.25) is 0 Å². The van der Waals surface area contributed by atoms with E-state index in [1.165, 1.54) is 30.6 Å². The molecule has 8 nitrogen and oxygen atoms in total. The van der Waals surface area contributed by atoms with E-state index in [0.29, 0.717) is 5.75 Å². The number of ether oxygens (including phenoxy) is 1. The van der Waals surface area contributed by atoms with Crippen LogP contribution in [-0.4, -0.2) is 39.2 Å². The minimum Gasteiger partial charge on any atom is -0.497 e. The highest BCUT2D eigenvalue weighted by Gasteiger charge is 2.27. The number of hydrogen-bond acceptors (Lipinski definition) is 6. The van der Waals surface area contributed by atoms with Crippen LogP contribution in [0.3, 0.4) is 0 Å².